The van der Waals surface area contributed by atoms with Crippen LogP contribution in [0.4, 0.5) is 0 Å². The van der Waals surface area contributed by atoms with Crippen LogP contribution in [0.3, 0.4) is 0 Å². The monoisotopic (exact) mass is 307 g/mol. The second-order valence-corrected chi connectivity index (χ2v) is 6.85. The number of likely N-dealkylation sites (tertiary alicyclic amines) is 1. The highest BCUT2D eigenvalue weighted by Crippen LogP contribution is 2.42. The van der Waals surface area contributed by atoms with Gasteiger partial charge in [0.15, 0.2) is 0 Å². The van der Waals surface area contributed by atoms with E-state index in [4.69, 9.17) is 9.47 Å². The molecule has 4 nitrogen and oxygen atoms in total. The molecule has 4 heteroatoms. The molecule has 124 valence electrons. The minimum Gasteiger partial charge on any atom is -0.382 e. The van der Waals surface area contributed by atoms with Crippen molar-refractivity contribution in [3.8, 4) is 0 Å². The van der Waals surface area contributed by atoms with Crippen LogP contribution < -0.4 is 0 Å². The van der Waals surface area contributed by atoms with Gasteiger partial charge in [-0.3, -0.25) is 4.79 Å². The third-order valence-corrected chi connectivity index (χ3v) is 5.69. The lowest BCUT2D eigenvalue weighted by atomic mass is 9.78. The molecule has 0 unspecified atom stereocenters. The average Bonchev–Trinajstić information content (AvgIpc) is 3.19. The van der Waals surface area contributed by atoms with Crippen LogP contribution >= 0.6 is 0 Å². The van der Waals surface area contributed by atoms with Crippen molar-refractivity contribution in [3.63, 3.8) is 0 Å². The number of rotatable bonds is 5. The molecule has 3 aliphatic rings. The maximum atomic E-state index is 12.5. The number of allylic oxidation sites excluding steroid dienone is 2. The van der Waals surface area contributed by atoms with Crippen LogP contribution in [0.1, 0.15) is 45.4 Å². The Hall–Kier alpha value is -0.870. The zero-order chi connectivity index (χ0) is 15.4. The van der Waals surface area contributed by atoms with Crippen molar-refractivity contribution in [1.29, 1.82) is 0 Å². The second-order valence-electron chi connectivity index (χ2n) is 6.85. The number of ether oxygens (including phenoxy) is 2. The molecule has 1 aliphatic carbocycles. The van der Waals surface area contributed by atoms with Gasteiger partial charge in [0.2, 0.25) is 5.91 Å². The molecule has 2 saturated heterocycles. The molecule has 0 radical (unpaired) electrons. The summed E-state index contributed by atoms with van der Waals surface area (Å²) < 4.78 is 11.7. The van der Waals surface area contributed by atoms with E-state index in [2.05, 4.69) is 17.1 Å². The van der Waals surface area contributed by atoms with Gasteiger partial charge in [0, 0.05) is 38.8 Å². The number of carbonyl (C=O) groups excluding carboxylic acids is 1. The Morgan fingerprint density at radius 2 is 2.05 bits per heavy atom. The molecule has 0 bridgehead atoms. The fourth-order valence-electron chi connectivity index (χ4n) is 4.30. The number of piperidine rings is 1. The summed E-state index contributed by atoms with van der Waals surface area (Å²) in [5.74, 6) is 1.15. The highest BCUT2D eigenvalue weighted by molar-refractivity contribution is 5.79. The Kier molecular flexibility index (Phi) is 5.19. The Morgan fingerprint density at radius 3 is 2.73 bits per heavy atom. The van der Waals surface area contributed by atoms with Gasteiger partial charge in [-0.25, -0.2) is 0 Å². The first kappa shape index (κ1) is 16.0. The first-order chi connectivity index (χ1) is 10.7. The lowest BCUT2D eigenvalue weighted by molar-refractivity contribution is -0.141. The van der Waals surface area contributed by atoms with E-state index in [1.54, 1.807) is 0 Å². The van der Waals surface area contributed by atoms with Crippen molar-refractivity contribution >= 4 is 5.91 Å². The van der Waals surface area contributed by atoms with E-state index in [1.165, 1.54) is 0 Å². The first-order valence-electron chi connectivity index (χ1n) is 8.90. The van der Waals surface area contributed by atoms with Crippen LogP contribution in [-0.2, 0) is 14.3 Å². The molecule has 0 aromatic carbocycles. The summed E-state index contributed by atoms with van der Waals surface area (Å²) in [7, 11) is 0. The van der Waals surface area contributed by atoms with E-state index in [0.717, 1.165) is 71.4 Å². The smallest absolute Gasteiger partial charge is 0.226 e. The summed E-state index contributed by atoms with van der Waals surface area (Å²) in [6, 6.07) is 0. The van der Waals surface area contributed by atoms with Gasteiger partial charge < -0.3 is 14.4 Å². The lowest BCUT2D eigenvalue weighted by Crippen LogP contribution is -2.50. The maximum absolute atomic E-state index is 12.5. The number of hydrogen-bond donors (Lipinski definition) is 0. The van der Waals surface area contributed by atoms with Crippen molar-refractivity contribution < 1.29 is 14.3 Å². The van der Waals surface area contributed by atoms with Crippen LogP contribution in [0.15, 0.2) is 12.2 Å². The van der Waals surface area contributed by atoms with Crippen LogP contribution in [0.25, 0.3) is 0 Å². The summed E-state index contributed by atoms with van der Waals surface area (Å²) >= 11 is 0. The fourth-order valence-corrected chi connectivity index (χ4v) is 4.30. The van der Waals surface area contributed by atoms with Crippen molar-refractivity contribution in [2.75, 3.05) is 32.9 Å². The third-order valence-electron chi connectivity index (χ3n) is 5.69. The summed E-state index contributed by atoms with van der Waals surface area (Å²) in [5, 5.41) is 0. The predicted molar refractivity (Wildman–Crippen MR) is 85.6 cm³/mol. The third kappa shape index (κ3) is 3.23. The van der Waals surface area contributed by atoms with Crippen molar-refractivity contribution in [3.05, 3.63) is 12.2 Å². The molecule has 2 aliphatic heterocycles. The van der Waals surface area contributed by atoms with Crippen LogP contribution in [0.2, 0.25) is 0 Å². The SMILES string of the molecule is CCOCC[C@@H]1CCOC12CCN(C(=O)C1CC=CC1)CC2. The summed E-state index contributed by atoms with van der Waals surface area (Å²) in [6.07, 6.45) is 10.4. The van der Waals surface area contributed by atoms with Crippen molar-refractivity contribution in [2.24, 2.45) is 11.8 Å². The fraction of sp³-hybridized carbons (Fsp3) is 0.833. The highest BCUT2D eigenvalue weighted by atomic mass is 16.5. The average molecular weight is 307 g/mol. The number of amides is 1. The van der Waals surface area contributed by atoms with Crippen molar-refractivity contribution in [1.82, 2.24) is 4.90 Å². The summed E-state index contributed by atoms with van der Waals surface area (Å²) in [5.41, 5.74) is 0.0157. The summed E-state index contributed by atoms with van der Waals surface area (Å²) in [6.45, 7) is 6.27. The lowest BCUT2D eigenvalue weighted by Gasteiger charge is -2.43. The van der Waals surface area contributed by atoms with Gasteiger partial charge >= 0.3 is 0 Å². The van der Waals surface area contributed by atoms with E-state index in [9.17, 15) is 4.79 Å². The molecule has 1 amide bonds. The molecule has 22 heavy (non-hydrogen) atoms. The molecule has 0 aromatic heterocycles. The van der Waals surface area contributed by atoms with Gasteiger partial charge in [0.25, 0.3) is 0 Å². The quantitative estimate of drug-likeness (QED) is 0.579. The van der Waals surface area contributed by atoms with E-state index in [1.807, 2.05) is 6.92 Å². The Bertz CT molecular complexity index is 405. The second kappa shape index (κ2) is 7.14. The van der Waals surface area contributed by atoms with E-state index in [-0.39, 0.29) is 11.5 Å². The molecule has 0 saturated carbocycles. The molecular weight excluding hydrogens is 278 g/mol. The molecule has 1 spiro atoms. The van der Waals surface area contributed by atoms with Gasteiger partial charge in [-0.05, 0) is 51.4 Å². The van der Waals surface area contributed by atoms with Crippen LogP contribution in [0.5, 0.6) is 0 Å². The largest absolute Gasteiger partial charge is 0.382 e. The highest BCUT2D eigenvalue weighted by Gasteiger charge is 2.46. The van der Waals surface area contributed by atoms with E-state index in [0.29, 0.717) is 11.8 Å². The Morgan fingerprint density at radius 1 is 1.32 bits per heavy atom. The van der Waals surface area contributed by atoms with Gasteiger partial charge in [-0.1, -0.05) is 12.2 Å². The zero-order valence-electron chi connectivity index (χ0n) is 13.8. The molecular formula is C18H29NO3. The molecule has 2 heterocycles. The zero-order valence-corrected chi connectivity index (χ0v) is 13.8. The van der Waals surface area contributed by atoms with Crippen LogP contribution in [-0.4, -0.2) is 49.3 Å². The van der Waals surface area contributed by atoms with Gasteiger partial charge in [0.1, 0.15) is 0 Å². The predicted octanol–water partition coefficient (Wildman–Crippen LogP) is 2.78. The van der Waals surface area contributed by atoms with Gasteiger partial charge in [-0.15, -0.1) is 0 Å². The Balaban J connectivity index is 1.52. The number of hydrogen-bond acceptors (Lipinski definition) is 3. The van der Waals surface area contributed by atoms with E-state index < -0.39 is 0 Å². The normalized spacial score (nSPS) is 27.9. The topological polar surface area (TPSA) is 38.8 Å². The minimum atomic E-state index is 0.0157. The number of carbonyl (C=O) groups is 1. The van der Waals surface area contributed by atoms with Crippen LogP contribution in [0, 0.1) is 11.8 Å². The number of nitrogens with zero attached hydrogens (tertiary/aromatic N) is 1. The molecule has 2 fully saturated rings. The molecule has 0 N–H and O–H groups in total. The minimum absolute atomic E-state index is 0.0157. The first-order valence-corrected chi connectivity index (χ1v) is 8.90. The standard InChI is InChI=1S/C18H29NO3/c1-2-21-13-7-16-8-14-22-18(16)9-11-19(12-10-18)17(20)15-5-3-4-6-15/h3-4,15-16H,2,5-14H2,1H3/t16-/m1/s1. The molecule has 0 aromatic rings. The van der Waals surface area contributed by atoms with Gasteiger partial charge in [0.05, 0.1) is 5.60 Å². The van der Waals surface area contributed by atoms with E-state index >= 15 is 0 Å². The molecule has 1 atom stereocenters. The molecule has 3 rings (SSSR count). The van der Waals surface area contributed by atoms with Crippen molar-refractivity contribution in [2.45, 2.75) is 51.0 Å². The summed E-state index contributed by atoms with van der Waals surface area (Å²) in [4.78, 5) is 14.6. The Labute approximate surface area is 133 Å². The maximum Gasteiger partial charge on any atom is 0.226 e. The van der Waals surface area contributed by atoms with Gasteiger partial charge in [-0.2, -0.15) is 0 Å².